The molecule has 7 nitrogen and oxygen atoms in total. The molecule has 0 radical (unpaired) electrons. The van der Waals surface area contributed by atoms with Gasteiger partial charge in [0.05, 0.1) is 11.1 Å². The van der Waals surface area contributed by atoms with Crippen LogP contribution in [0.4, 0.5) is 10.2 Å². The Morgan fingerprint density at radius 3 is 2.70 bits per heavy atom. The van der Waals surface area contributed by atoms with Crippen molar-refractivity contribution in [1.82, 2.24) is 25.5 Å². The monoisotopic (exact) mass is 404 g/mol. The van der Waals surface area contributed by atoms with Gasteiger partial charge in [0, 0.05) is 18.0 Å². The second kappa shape index (κ2) is 7.72. The van der Waals surface area contributed by atoms with E-state index in [2.05, 4.69) is 25.5 Å². The Morgan fingerprint density at radius 1 is 1.10 bits per heavy atom. The van der Waals surface area contributed by atoms with Crippen molar-refractivity contribution in [3.8, 4) is 22.8 Å². The lowest BCUT2D eigenvalue weighted by atomic mass is 10.1. The predicted octanol–water partition coefficient (Wildman–Crippen LogP) is 3.83. The Labute approximate surface area is 172 Å². The average molecular weight is 404 g/mol. The number of para-hydroxylation sites is 1. The van der Waals surface area contributed by atoms with Crippen LogP contribution in [0.3, 0.4) is 0 Å². The maximum Gasteiger partial charge on any atom is 0.187 e. The number of hydrogen-bond donors (Lipinski definition) is 3. The van der Waals surface area contributed by atoms with Gasteiger partial charge in [-0.3, -0.25) is 5.10 Å². The fraction of sp³-hybridized carbons (Fsp3) is 0.227. The summed E-state index contributed by atoms with van der Waals surface area (Å²) in [6, 6.07) is 13.9. The SMILES string of the molecule is Nc1nc(C[C@H]2CCCN2)nc2n[nH]c(-c3ccc(Oc4ccccc4F)cc3)c12. The predicted molar refractivity (Wildman–Crippen MR) is 113 cm³/mol. The summed E-state index contributed by atoms with van der Waals surface area (Å²) in [5, 5.41) is 11.5. The molecule has 8 heteroatoms. The molecule has 2 aromatic carbocycles. The van der Waals surface area contributed by atoms with Crippen molar-refractivity contribution >= 4 is 16.9 Å². The van der Waals surface area contributed by atoms with Crippen molar-refractivity contribution in [2.24, 2.45) is 0 Å². The number of H-pyrrole nitrogens is 1. The van der Waals surface area contributed by atoms with Gasteiger partial charge >= 0.3 is 0 Å². The van der Waals surface area contributed by atoms with Gasteiger partial charge in [0.25, 0.3) is 0 Å². The highest BCUT2D eigenvalue weighted by Crippen LogP contribution is 2.31. The summed E-state index contributed by atoms with van der Waals surface area (Å²) in [5.74, 6) is 1.41. The molecular formula is C22H21FN6O. The Bertz CT molecular complexity index is 1180. The lowest BCUT2D eigenvalue weighted by Crippen LogP contribution is -2.24. The second-order valence-electron chi connectivity index (χ2n) is 7.38. The minimum atomic E-state index is -0.408. The van der Waals surface area contributed by atoms with Crippen LogP contribution in [0.25, 0.3) is 22.3 Å². The summed E-state index contributed by atoms with van der Waals surface area (Å²) in [6.07, 6.45) is 3.03. The van der Waals surface area contributed by atoms with E-state index < -0.39 is 5.82 Å². The number of aromatic amines is 1. The number of nitrogens with one attached hydrogen (secondary N) is 2. The molecule has 0 bridgehead atoms. The smallest absolute Gasteiger partial charge is 0.187 e. The summed E-state index contributed by atoms with van der Waals surface area (Å²) in [7, 11) is 0. The van der Waals surface area contributed by atoms with E-state index in [0.29, 0.717) is 34.5 Å². The number of benzene rings is 2. The Balaban J connectivity index is 1.41. The third kappa shape index (κ3) is 3.57. The van der Waals surface area contributed by atoms with Crippen LogP contribution in [0.1, 0.15) is 18.7 Å². The van der Waals surface area contributed by atoms with Crippen molar-refractivity contribution in [2.75, 3.05) is 12.3 Å². The lowest BCUT2D eigenvalue weighted by Gasteiger charge is -2.09. The number of hydrogen-bond acceptors (Lipinski definition) is 6. The highest BCUT2D eigenvalue weighted by Gasteiger charge is 2.19. The molecule has 0 unspecified atom stereocenters. The third-order valence-electron chi connectivity index (χ3n) is 5.29. The van der Waals surface area contributed by atoms with Crippen molar-refractivity contribution in [3.05, 3.63) is 60.2 Å². The van der Waals surface area contributed by atoms with Crippen LogP contribution < -0.4 is 15.8 Å². The molecule has 1 fully saturated rings. The maximum absolute atomic E-state index is 13.8. The van der Waals surface area contributed by atoms with Crippen molar-refractivity contribution in [1.29, 1.82) is 0 Å². The Kier molecular flexibility index (Phi) is 4.76. The van der Waals surface area contributed by atoms with Gasteiger partial charge < -0.3 is 15.8 Å². The standard InChI is InChI=1S/C22H21FN6O/c23-16-5-1-2-6-17(16)30-15-9-7-13(8-10-15)20-19-21(24)26-18(27-22(19)29-28-20)12-14-4-3-11-25-14/h1-2,5-10,14,25H,3-4,11-12H2,(H3,24,26,27,28,29)/t14-/m1/s1. The molecule has 30 heavy (non-hydrogen) atoms. The molecule has 2 aromatic heterocycles. The van der Waals surface area contributed by atoms with Crippen molar-refractivity contribution in [3.63, 3.8) is 0 Å². The first-order valence-corrected chi connectivity index (χ1v) is 9.94. The van der Waals surface area contributed by atoms with E-state index in [-0.39, 0.29) is 5.75 Å². The highest BCUT2D eigenvalue weighted by molar-refractivity contribution is 5.98. The van der Waals surface area contributed by atoms with Gasteiger partial charge in [0.1, 0.15) is 17.4 Å². The number of nitrogen functional groups attached to an aromatic ring is 1. The molecule has 0 aliphatic carbocycles. The summed E-state index contributed by atoms with van der Waals surface area (Å²) in [4.78, 5) is 9.10. The minimum absolute atomic E-state index is 0.180. The number of nitrogens with zero attached hydrogens (tertiary/aromatic N) is 3. The van der Waals surface area contributed by atoms with Gasteiger partial charge in [0.2, 0.25) is 0 Å². The van der Waals surface area contributed by atoms with Gasteiger partial charge in [-0.15, -0.1) is 0 Å². The fourth-order valence-electron chi connectivity index (χ4n) is 3.79. The largest absolute Gasteiger partial charge is 0.454 e. The average Bonchev–Trinajstić information content (AvgIpc) is 3.40. The molecule has 152 valence electrons. The Morgan fingerprint density at radius 2 is 1.93 bits per heavy atom. The Hall–Kier alpha value is -3.52. The quantitative estimate of drug-likeness (QED) is 0.467. The first-order valence-electron chi connectivity index (χ1n) is 9.94. The summed E-state index contributed by atoms with van der Waals surface area (Å²) >= 11 is 0. The second-order valence-corrected chi connectivity index (χ2v) is 7.38. The molecule has 0 amide bonds. The molecule has 1 aliphatic rings. The molecule has 5 rings (SSSR count). The van der Waals surface area contributed by atoms with E-state index in [1.807, 2.05) is 12.1 Å². The third-order valence-corrected chi connectivity index (χ3v) is 5.29. The number of anilines is 1. The molecule has 0 spiro atoms. The van der Waals surface area contributed by atoms with E-state index in [1.54, 1.807) is 30.3 Å². The fourth-order valence-corrected chi connectivity index (χ4v) is 3.79. The van der Waals surface area contributed by atoms with Gasteiger partial charge in [-0.1, -0.05) is 12.1 Å². The zero-order chi connectivity index (χ0) is 20.5. The number of aromatic nitrogens is 4. The van der Waals surface area contributed by atoms with Gasteiger partial charge in [0.15, 0.2) is 17.2 Å². The van der Waals surface area contributed by atoms with E-state index in [1.165, 1.54) is 12.5 Å². The normalized spacial score (nSPS) is 16.2. The van der Waals surface area contributed by atoms with E-state index in [0.717, 1.165) is 30.6 Å². The maximum atomic E-state index is 13.8. The number of rotatable bonds is 5. The van der Waals surface area contributed by atoms with Crippen LogP contribution in [-0.4, -0.2) is 32.8 Å². The summed E-state index contributed by atoms with van der Waals surface area (Å²) < 4.78 is 19.4. The van der Waals surface area contributed by atoms with Crippen LogP contribution in [0.15, 0.2) is 48.5 Å². The lowest BCUT2D eigenvalue weighted by molar-refractivity contribution is 0.442. The van der Waals surface area contributed by atoms with Crippen LogP contribution >= 0.6 is 0 Å². The topological polar surface area (TPSA) is 102 Å². The van der Waals surface area contributed by atoms with Crippen LogP contribution in [0.2, 0.25) is 0 Å². The molecule has 0 saturated carbocycles. The molecule has 1 saturated heterocycles. The molecule has 1 aliphatic heterocycles. The van der Waals surface area contributed by atoms with Gasteiger partial charge in [-0.25, -0.2) is 14.4 Å². The van der Waals surface area contributed by atoms with Gasteiger partial charge in [-0.2, -0.15) is 5.10 Å². The van der Waals surface area contributed by atoms with Crippen LogP contribution in [0, 0.1) is 5.82 Å². The number of fused-ring (bicyclic) bond motifs is 1. The van der Waals surface area contributed by atoms with Crippen LogP contribution in [-0.2, 0) is 6.42 Å². The number of halogens is 1. The first kappa shape index (κ1) is 18.5. The zero-order valence-corrected chi connectivity index (χ0v) is 16.2. The van der Waals surface area contributed by atoms with Gasteiger partial charge in [-0.05, 0) is 55.8 Å². The number of ether oxygens (including phenoxy) is 1. The van der Waals surface area contributed by atoms with E-state index in [9.17, 15) is 4.39 Å². The molecule has 1 atom stereocenters. The summed E-state index contributed by atoms with van der Waals surface area (Å²) in [6.45, 7) is 1.03. The summed E-state index contributed by atoms with van der Waals surface area (Å²) in [5.41, 5.74) is 8.42. The van der Waals surface area contributed by atoms with Crippen molar-refractivity contribution < 1.29 is 9.13 Å². The molecule has 4 N–H and O–H groups in total. The molecule has 3 heterocycles. The molecular weight excluding hydrogens is 383 g/mol. The van der Waals surface area contributed by atoms with E-state index in [4.69, 9.17) is 10.5 Å². The van der Waals surface area contributed by atoms with E-state index >= 15 is 0 Å². The zero-order valence-electron chi connectivity index (χ0n) is 16.2. The number of nitrogens with two attached hydrogens (primary N) is 1. The minimum Gasteiger partial charge on any atom is -0.454 e. The van der Waals surface area contributed by atoms with Crippen molar-refractivity contribution in [2.45, 2.75) is 25.3 Å². The molecule has 4 aromatic rings. The first-order chi connectivity index (χ1) is 14.7. The van der Waals surface area contributed by atoms with Crippen LogP contribution in [0.5, 0.6) is 11.5 Å². The highest BCUT2D eigenvalue weighted by atomic mass is 19.1.